The Labute approximate surface area is 126 Å². The van der Waals surface area contributed by atoms with Crippen molar-refractivity contribution < 1.29 is 9.32 Å². The molecule has 1 saturated heterocycles. The van der Waals surface area contributed by atoms with Gasteiger partial charge in [0.05, 0.1) is 5.69 Å². The quantitative estimate of drug-likeness (QED) is 0.923. The van der Waals surface area contributed by atoms with Crippen LogP contribution in [0.25, 0.3) is 0 Å². The average Bonchev–Trinajstić information content (AvgIpc) is 2.71. The molecule has 1 aliphatic heterocycles. The first-order valence-electron chi connectivity index (χ1n) is 8.08. The first kappa shape index (κ1) is 14.6. The van der Waals surface area contributed by atoms with Crippen molar-refractivity contribution in [2.75, 3.05) is 13.1 Å². The van der Waals surface area contributed by atoms with E-state index in [0.717, 1.165) is 56.8 Å². The van der Waals surface area contributed by atoms with Crippen LogP contribution in [0.2, 0.25) is 0 Å². The van der Waals surface area contributed by atoms with E-state index in [1.54, 1.807) is 0 Å². The van der Waals surface area contributed by atoms with Gasteiger partial charge < -0.3 is 9.84 Å². The molecule has 0 bridgehead atoms. The standard InChI is InChI=1S/C16H25N3O2/c1-11-15(12(2)21-18-11)10-19-8-6-14(7-9-19)17-16(20)13-4-3-5-13/h13-14H,3-10H2,1-2H3,(H,17,20). The second-order valence-corrected chi connectivity index (χ2v) is 6.49. The molecular weight excluding hydrogens is 266 g/mol. The van der Waals surface area contributed by atoms with Gasteiger partial charge in [-0.3, -0.25) is 9.69 Å². The number of piperidine rings is 1. The minimum atomic E-state index is 0.283. The lowest BCUT2D eigenvalue weighted by Crippen LogP contribution is -2.47. The van der Waals surface area contributed by atoms with E-state index in [1.807, 2.05) is 13.8 Å². The monoisotopic (exact) mass is 291 g/mol. The Morgan fingerprint density at radius 3 is 2.52 bits per heavy atom. The molecule has 0 spiro atoms. The molecule has 2 fully saturated rings. The van der Waals surface area contributed by atoms with E-state index < -0.39 is 0 Å². The number of likely N-dealkylation sites (tertiary alicyclic amines) is 1. The van der Waals surface area contributed by atoms with Crippen LogP contribution in [-0.2, 0) is 11.3 Å². The molecule has 1 aromatic heterocycles. The first-order chi connectivity index (χ1) is 10.1. The Bertz CT molecular complexity index is 480. The number of carbonyl (C=O) groups is 1. The highest BCUT2D eigenvalue weighted by Gasteiger charge is 2.28. The summed E-state index contributed by atoms with van der Waals surface area (Å²) in [4.78, 5) is 14.4. The zero-order valence-corrected chi connectivity index (χ0v) is 13.0. The molecule has 1 aliphatic carbocycles. The Kier molecular flexibility index (Phi) is 4.29. The van der Waals surface area contributed by atoms with Crippen LogP contribution in [0.15, 0.2) is 4.52 Å². The molecule has 21 heavy (non-hydrogen) atoms. The lowest BCUT2D eigenvalue weighted by Gasteiger charge is -2.34. The number of amides is 1. The number of hydrogen-bond acceptors (Lipinski definition) is 4. The van der Waals surface area contributed by atoms with Crippen molar-refractivity contribution in [3.8, 4) is 0 Å². The van der Waals surface area contributed by atoms with Crippen LogP contribution in [0.4, 0.5) is 0 Å². The van der Waals surface area contributed by atoms with Gasteiger partial charge in [-0.2, -0.15) is 0 Å². The lowest BCUT2D eigenvalue weighted by molar-refractivity contribution is -0.128. The minimum Gasteiger partial charge on any atom is -0.361 e. The maximum Gasteiger partial charge on any atom is 0.223 e. The third kappa shape index (κ3) is 3.28. The molecule has 0 unspecified atom stereocenters. The predicted octanol–water partition coefficient (Wildman–Crippen LogP) is 2.17. The number of carbonyl (C=O) groups excluding carboxylic acids is 1. The largest absolute Gasteiger partial charge is 0.361 e. The van der Waals surface area contributed by atoms with Crippen LogP contribution in [0.3, 0.4) is 0 Å². The van der Waals surface area contributed by atoms with Crippen LogP contribution in [0, 0.1) is 19.8 Å². The molecule has 5 heteroatoms. The minimum absolute atomic E-state index is 0.283. The van der Waals surface area contributed by atoms with Crippen LogP contribution < -0.4 is 5.32 Å². The zero-order valence-electron chi connectivity index (χ0n) is 13.0. The molecule has 5 nitrogen and oxygen atoms in total. The van der Waals surface area contributed by atoms with Gasteiger partial charge in [-0.15, -0.1) is 0 Å². The summed E-state index contributed by atoms with van der Waals surface area (Å²) < 4.78 is 5.22. The normalized spacial score (nSPS) is 21.2. The fourth-order valence-electron chi connectivity index (χ4n) is 3.18. The van der Waals surface area contributed by atoms with Crippen molar-refractivity contribution in [2.45, 2.75) is 58.5 Å². The summed E-state index contributed by atoms with van der Waals surface area (Å²) in [7, 11) is 0. The van der Waals surface area contributed by atoms with Crippen molar-refractivity contribution in [3.63, 3.8) is 0 Å². The third-order valence-electron chi connectivity index (χ3n) is 4.97. The first-order valence-corrected chi connectivity index (χ1v) is 8.08. The Hall–Kier alpha value is -1.36. The molecule has 0 atom stereocenters. The van der Waals surface area contributed by atoms with Crippen LogP contribution in [-0.4, -0.2) is 35.1 Å². The van der Waals surface area contributed by atoms with Gasteiger partial charge >= 0.3 is 0 Å². The van der Waals surface area contributed by atoms with Gasteiger partial charge in [0.25, 0.3) is 0 Å². The summed E-state index contributed by atoms with van der Waals surface area (Å²) in [6.07, 6.45) is 5.46. The molecule has 1 saturated carbocycles. The number of nitrogens with zero attached hydrogens (tertiary/aromatic N) is 2. The summed E-state index contributed by atoms with van der Waals surface area (Å²) >= 11 is 0. The van der Waals surface area contributed by atoms with Crippen LogP contribution >= 0.6 is 0 Å². The summed E-state index contributed by atoms with van der Waals surface area (Å²) in [6.45, 7) is 6.93. The molecule has 2 heterocycles. The highest BCUT2D eigenvalue weighted by Crippen LogP contribution is 2.27. The summed E-state index contributed by atoms with van der Waals surface area (Å²) in [6, 6.07) is 0.360. The highest BCUT2D eigenvalue weighted by molar-refractivity contribution is 5.79. The van der Waals surface area contributed by atoms with E-state index in [4.69, 9.17) is 4.52 Å². The van der Waals surface area contributed by atoms with Gasteiger partial charge in [-0.25, -0.2) is 0 Å². The number of aryl methyl sites for hydroxylation is 2. The van der Waals surface area contributed by atoms with Gasteiger partial charge in [0, 0.05) is 37.2 Å². The molecule has 3 rings (SSSR count). The maximum absolute atomic E-state index is 12.0. The van der Waals surface area contributed by atoms with Gasteiger partial charge in [0.2, 0.25) is 5.91 Å². The number of nitrogens with one attached hydrogen (secondary N) is 1. The Morgan fingerprint density at radius 2 is 2.00 bits per heavy atom. The molecule has 2 aliphatic rings. The Morgan fingerprint density at radius 1 is 1.29 bits per heavy atom. The lowest BCUT2D eigenvalue weighted by atomic mass is 9.84. The van der Waals surface area contributed by atoms with E-state index in [9.17, 15) is 4.79 Å². The molecule has 0 aromatic carbocycles. The molecule has 1 amide bonds. The molecule has 116 valence electrons. The third-order valence-corrected chi connectivity index (χ3v) is 4.97. The SMILES string of the molecule is Cc1noc(C)c1CN1CCC(NC(=O)C2CCC2)CC1. The van der Waals surface area contributed by atoms with Crippen LogP contribution in [0.5, 0.6) is 0 Å². The number of aromatic nitrogens is 1. The van der Waals surface area contributed by atoms with E-state index in [-0.39, 0.29) is 5.91 Å². The van der Waals surface area contributed by atoms with Crippen molar-refractivity contribution in [2.24, 2.45) is 5.92 Å². The molecular formula is C16H25N3O2. The zero-order chi connectivity index (χ0) is 14.8. The molecule has 1 aromatic rings. The van der Waals surface area contributed by atoms with Gasteiger partial charge in [0.15, 0.2) is 0 Å². The van der Waals surface area contributed by atoms with E-state index in [1.165, 1.54) is 12.0 Å². The van der Waals surface area contributed by atoms with Crippen LogP contribution in [0.1, 0.15) is 49.1 Å². The van der Waals surface area contributed by atoms with Gasteiger partial charge in [0.1, 0.15) is 5.76 Å². The van der Waals surface area contributed by atoms with Crippen molar-refractivity contribution in [3.05, 3.63) is 17.0 Å². The number of hydrogen-bond donors (Lipinski definition) is 1. The summed E-state index contributed by atoms with van der Waals surface area (Å²) in [5.74, 6) is 1.50. The van der Waals surface area contributed by atoms with Crippen molar-refractivity contribution in [1.82, 2.24) is 15.4 Å². The van der Waals surface area contributed by atoms with E-state index in [0.29, 0.717) is 12.0 Å². The Balaban J connectivity index is 1.45. The fraction of sp³-hybridized carbons (Fsp3) is 0.750. The fourth-order valence-corrected chi connectivity index (χ4v) is 3.18. The topological polar surface area (TPSA) is 58.4 Å². The van der Waals surface area contributed by atoms with Gasteiger partial charge in [-0.05, 0) is 39.5 Å². The average molecular weight is 291 g/mol. The van der Waals surface area contributed by atoms with Gasteiger partial charge in [-0.1, -0.05) is 11.6 Å². The summed E-state index contributed by atoms with van der Waals surface area (Å²) in [5, 5.41) is 7.24. The summed E-state index contributed by atoms with van der Waals surface area (Å²) in [5.41, 5.74) is 2.21. The van der Waals surface area contributed by atoms with E-state index >= 15 is 0 Å². The molecule has 0 radical (unpaired) electrons. The smallest absolute Gasteiger partial charge is 0.223 e. The number of rotatable bonds is 4. The van der Waals surface area contributed by atoms with Crippen molar-refractivity contribution >= 4 is 5.91 Å². The second-order valence-electron chi connectivity index (χ2n) is 6.49. The second kappa shape index (κ2) is 6.18. The predicted molar refractivity (Wildman–Crippen MR) is 79.8 cm³/mol. The van der Waals surface area contributed by atoms with Crippen molar-refractivity contribution in [1.29, 1.82) is 0 Å². The molecule has 1 N–H and O–H groups in total. The maximum atomic E-state index is 12.0. The highest BCUT2D eigenvalue weighted by atomic mass is 16.5. The van der Waals surface area contributed by atoms with E-state index in [2.05, 4.69) is 15.4 Å².